The van der Waals surface area contributed by atoms with E-state index in [9.17, 15) is 13.6 Å². The molecule has 0 aliphatic heterocycles. The molecule has 92 valence electrons. The fourth-order valence-electron chi connectivity index (χ4n) is 1.62. The molecule has 0 amide bonds. The van der Waals surface area contributed by atoms with E-state index in [1.165, 1.54) is 30.3 Å². The SMILES string of the molecule is O=C(Cc1ccccc1F)c1cc(Br)ccc1F. The van der Waals surface area contributed by atoms with Crippen LogP contribution in [0.3, 0.4) is 0 Å². The number of Topliss-reactive ketones (excluding diaryl/α,β-unsaturated/α-hetero) is 1. The molecule has 2 rings (SSSR count). The number of halogens is 3. The summed E-state index contributed by atoms with van der Waals surface area (Å²) in [6.45, 7) is 0. The molecule has 2 aromatic carbocycles. The number of ketones is 1. The molecule has 0 saturated heterocycles. The lowest BCUT2D eigenvalue weighted by Gasteiger charge is -2.04. The van der Waals surface area contributed by atoms with Gasteiger partial charge in [-0.2, -0.15) is 0 Å². The summed E-state index contributed by atoms with van der Waals surface area (Å²) in [5.74, 6) is -1.50. The Labute approximate surface area is 112 Å². The number of carbonyl (C=O) groups excluding carboxylic acids is 1. The largest absolute Gasteiger partial charge is 0.294 e. The van der Waals surface area contributed by atoms with Crippen LogP contribution in [0.1, 0.15) is 15.9 Å². The lowest BCUT2D eigenvalue weighted by Crippen LogP contribution is -2.07. The molecule has 0 radical (unpaired) electrons. The van der Waals surface area contributed by atoms with Crippen molar-refractivity contribution in [3.8, 4) is 0 Å². The molecule has 0 saturated carbocycles. The van der Waals surface area contributed by atoms with E-state index >= 15 is 0 Å². The Kier molecular flexibility index (Phi) is 3.87. The Hall–Kier alpha value is -1.55. The lowest BCUT2D eigenvalue weighted by molar-refractivity contribution is 0.0988. The first-order chi connectivity index (χ1) is 8.58. The monoisotopic (exact) mass is 310 g/mol. The molecule has 0 aliphatic rings. The van der Waals surface area contributed by atoms with E-state index in [0.29, 0.717) is 4.47 Å². The summed E-state index contributed by atoms with van der Waals surface area (Å²) in [5.41, 5.74) is 0.231. The predicted octanol–water partition coefficient (Wildman–Crippen LogP) is 4.15. The minimum Gasteiger partial charge on any atom is -0.294 e. The van der Waals surface area contributed by atoms with E-state index in [-0.39, 0.29) is 17.5 Å². The molecule has 0 aliphatic carbocycles. The molecule has 0 atom stereocenters. The predicted molar refractivity (Wildman–Crippen MR) is 68.5 cm³/mol. The topological polar surface area (TPSA) is 17.1 Å². The maximum absolute atomic E-state index is 13.5. The summed E-state index contributed by atoms with van der Waals surface area (Å²) in [4.78, 5) is 11.9. The summed E-state index contributed by atoms with van der Waals surface area (Å²) in [5, 5.41) is 0. The Morgan fingerprint density at radius 1 is 1.06 bits per heavy atom. The van der Waals surface area contributed by atoms with Crippen LogP contribution in [0.2, 0.25) is 0 Å². The van der Waals surface area contributed by atoms with Crippen LogP contribution in [0.4, 0.5) is 8.78 Å². The number of rotatable bonds is 3. The molecule has 1 nitrogen and oxygen atoms in total. The van der Waals surface area contributed by atoms with Crippen LogP contribution in [-0.4, -0.2) is 5.78 Å². The van der Waals surface area contributed by atoms with Gasteiger partial charge in [0.25, 0.3) is 0 Å². The van der Waals surface area contributed by atoms with Crippen molar-refractivity contribution < 1.29 is 13.6 Å². The van der Waals surface area contributed by atoms with Crippen LogP contribution in [0.5, 0.6) is 0 Å². The summed E-state index contributed by atoms with van der Waals surface area (Å²) in [6.07, 6.45) is -0.153. The normalized spacial score (nSPS) is 10.4. The maximum Gasteiger partial charge on any atom is 0.170 e. The van der Waals surface area contributed by atoms with Gasteiger partial charge in [0.1, 0.15) is 11.6 Å². The van der Waals surface area contributed by atoms with Crippen molar-refractivity contribution in [1.29, 1.82) is 0 Å². The molecule has 0 N–H and O–H groups in total. The van der Waals surface area contributed by atoms with Crippen LogP contribution in [-0.2, 0) is 6.42 Å². The zero-order valence-electron chi connectivity index (χ0n) is 9.29. The second kappa shape index (κ2) is 5.40. The van der Waals surface area contributed by atoms with Crippen molar-refractivity contribution in [3.05, 3.63) is 69.7 Å². The number of hydrogen-bond donors (Lipinski definition) is 0. The van der Waals surface area contributed by atoms with Crippen molar-refractivity contribution >= 4 is 21.7 Å². The van der Waals surface area contributed by atoms with E-state index in [1.54, 1.807) is 12.1 Å². The van der Waals surface area contributed by atoms with Gasteiger partial charge in [0.05, 0.1) is 5.56 Å². The van der Waals surface area contributed by atoms with Gasteiger partial charge in [-0.25, -0.2) is 8.78 Å². The van der Waals surface area contributed by atoms with E-state index in [2.05, 4.69) is 15.9 Å². The highest BCUT2D eigenvalue weighted by Crippen LogP contribution is 2.18. The van der Waals surface area contributed by atoms with Gasteiger partial charge in [-0.3, -0.25) is 4.79 Å². The fraction of sp³-hybridized carbons (Fsp3) is 0.0714. The molecular formula is C14H9BrF2O. The van der Waals surface area contributed by atoms with Gasteiger partial charge in [0, 0.05) is 10.9 Å². The van der Waals surface area contributed by atoms with Crippen molar-refractivity contribution in [1.82, 2.24) is 0 Å². The van der Waals surface area contributed by atoms with Crippen LogP contribution in [0.25, 0.3) is 0 Å². The summed E-state index contributed by atoms with van der Waals surface area (Å²) in [7, 11) is 0. The van der Waals surface area contributed by atoms with E-state index < -0.39 is 17.4 Å². The molecule has 0 spiro atoms. The smallest absolute Gasteiger partial charge is 0.170 e. The second-order valence-electron chi connectivity index (χ2n) is 3.82. The average molecular weight is 311 g/mol. The molecule has 0 heterocycles. The van der Waals surface area contributed by atoms with Gasteiger partial charge in [0.15, 0.2) is 5.78 Å². The Morgan fingerprint density at radius 2 is 1.78 bits per heavy atom. The van der Waals surface area contributed by atoms with Crippen LogP contribution < -0.4 is 0 Å². The zero-order valence-corrected chi connectivity index (χ0v) is 10.9. The fourth-order valence-corrected chi connectivity index (χ4v) is 1.98. The van der Waals surface area contributed by atoms with Gasteiger partial charge in [-0.15, -0.1) is 0 Å². The van der Waals surface area contributed by atoms with Crippen molar-refractivity contribution in [3.63, 3.8) is 0 Å². The Bertz CT molecular complexity index is 596. The third-order valence-electron chi connectivity index (χ3n) is 2.54. The van der Waals surface area contributed by atoms with Crippen molar-refractivity contribution in [2.45, 2.75) is 6.42 Å². The number of carbonyl (C=O) groups is 1. The minimum atomic E-state index is -0.598. The number of benzene rings is 2. The van der Waals surface area contributed by atoms with Gasteiger partial charge < -0.3 is 0 Å². The molecule has 0 fully saturated rings. The highest BCUT2D eigenvalue weighted by Gasteiger charge is 2.14. The highest BCUT2D eigenvalue weighted by atomic mass is 79.9. The third-order valence-corrected chi connectivity index (χ3v) is 3.03. The van der Waals surface area contributed by atoms with Crippen LogP contribution in [0, 0.1) is 11.6 Å². The highest BCUT2D eigenvalue weighted by molar-refractivity contribution is 9.10. The van der Waals surface area contributed by atoms with E-state index in [1.807, 2.05) is 0 Å². The third kappa shape index (κ3) is 2.82. The molecule has 18 heavy (non-hydrogen) atoms. The van der Waals surface area contributed by atoms with E-state index in [4.69, 9.17) is 0 Å². The molecule has 2 aromatic rings. The Balaban J connectivity index is 2.28. The summed E-state index contributed by atoms with van der Waals surface area (Å²) < 4.78 is 27.5. The second-order valence-corrected chi connectivity index (χ2v) is 4.73. The first kappa shape index (κ1) is 12.9. The van der Waals surface area contributed by atoms with E-state index in [0.717, 1.165) is 0 Å². The zero-order chi connectivity index (χ0) is 13.1. The van der Waals surface area contributed by atoms with Gasteiger partial charge >= 0.3 is 0 Å². The standard InChI is InChI=1S/C14H9BrF2O/c15-10-5-6-13(17)11(8-10)14(18)7-9-3-1-2-4-12(9)16/h1-6,8H,7H2. The first-order valence-corrected chi connectivity index (χ1v) is 6.09. The average Bonchev–Trinajstić information content (AvgIpc) is 2.35. The maximum atomic E-state index is 13.5. The van der Waals surface area contributed by atoms with Gasteiger partial charge in [0.2, 0.25) is 0 Å². The molecule has 0 aromatic heterocycles. The minimum absolute atomic E-state index is 0.0346. The van der Waals surface area contributed by atoms with Gasteiger partial charge in [-0.1, -0.05) is 34.1 Å². The quantitative estimate of drug-likeness (QED) is 0.778. The first-order valence-electron chi connectivity index (χ1n) is 5.29. The Morgan fingerprint density at radius 3 is 2.50 bits per heavy atom. The van der Waals surface area contributed by atoms with Gasteiger partial charge in [-0.05, 0) is 29.8 Å². The van der Waals surface area contributed by atoms with Crippen molar-refractivity contribution in [2.75, 3.05) is 0 Å². The molecule has 4 heteroatoms. The lowest BCUT2D eigenvalue weighted by atomic mass is 10.0. The molecule has 0 bridgehead atoms. The molecular weight excluding hydrogens is 302 g/mol. The summed E-state index contributed by atoms with van der Waals surface area (Å²) in [6, 6.07) is 10.1. The molecule has 0 unspecified atom stereocenters. The van der Waals surface area contributed by atoms with Crippen LogP contribution >= 0.6 is 15.9 Å². The summed E-state index contributed by atoms with van der Waals surface area (Å²) >= 11 is 3.17. The number of hydrogen-bond acceptors (Lipinski definition) is 1. The van der Waals surface area contributed by atoms with Crippen LogP contribution in [0.15, 0.2) is 46.9 Å². The van der Waals surface area contributed by atoms with Crippen molar-refractivity contribution in [2.24, 2.45) is 0 Å².